The van der Waals surface area contributed by atoms with Crippen molar-refractivity contribution in [2.45, 2.75) is 0 Å². The first-order valence-electron chi connectivity index (χ1n) is 4.77. The van der Waals surface area contributed by atoms with Crippen LogP contribution < -0.4 is 10.6 Å². The average Bonchev–Trinajstić information content (AvgIpc) is 2.20. The van der Waals surface area contributed by atoms with Crippen molar-refractivity contribution in [3.8, 4) is 0 Å². The Bertz CT molecular complexity index is 426. The van der Waals surface area contributed by atoms with Crippen LogP contribution in [0.25, 0.3) is 0 Å². The summed E-state index contributed by atoms with van der Waals surface area (Å²) in [6, 6.07) is 3.65. The Balaban J connectivity index is 2.11. The van der Waals surface area contributed by atoms with Gasteiger partial charge in [0.25, 0.3) is 0 Å². The van der Waals surface area contributed by atoms with Gasteiger partial charge in [-0.25, -0.2) is 9.19 Å². The molecule has 1 aromatic heterocycles. The molecular weight excluding hydrogens is 212 g/mol. The van der Waals surface area contributed by atoms with Gasteiger partial charge in [0.05, 0.1) is 11.9 Å². The third kappa shape index (κ3) is 2.38. The molecule has 5 nitrogen and oxygen atoms in total. The molecule has 2 rings (SSSR count). The SMILES string of the molecule is N=S1(=O)CCN(c2ccc(N)cn2)CC1. The number of nitrogen functional groups attached to an aromatic ring is 1. The zero-order valence-electron chi connectivity index (χ0n) is 8.35. The molecule has 0 saturated carbocycles. The second kappa shape index (κ2) is 3.69. The number of aromatic nitrogens is 1. The Morgan fingerprint density at radius 2 is 2.07 bits per heavy atom. The van der Waals surface area contributed by atoms with Crippen LogP contribution in [0.2, 0.25) is 0 Å². The van der Waals surface area contributed by atoms with E-state index in [1.54, 1.807) is 12.3 Å². The zero-order valence-corrected chi connectivity index (χ0v) is 9.17. The molecule has 0 aromatic carbocycles. The van der Waals surface area contributed by atoms with Crippen molar-refractivity contribution in [3.05, 3.63) is 18.3 Å². The maximum atomic E-state index is 11.4. The van der Waals surface area contributed by atoms with Gasteiger partial charge in [0.15, 0.2) is 0 Å². The number of nitrogens with one attached hydrogen (secondary N) is 1. The molecule has 1 aromatic rings. The highest BCUT2D eigenvalue weighted by Gasteiger charge is 2.19. The first-order valence-corrected chi connectivity index (χ1v) is 6.67. The van der Waals surface area contributed by atoms with Gasteiger partial charge in [-0.3, -0.25) is 4.78 Å². The number of anilines is 2. The third-order valence-corrected chi connectivity index (χ3v) is 4.16. The monoisotopic (exact) mass is 226 g/mol. The summed E-state index contributed by atoms with van der Waals surface area (Å²) < 4.78 is 18.9. The standard InChI is InChI=1S/C9H14N4OS/c10-8-1-2-9(12-7-8)13-3-5-15(11,14)6-4-13/h1-2,7,11H,3-6,10H2. The Morgan fingerprint density at radius 1 is 1.40 bits per heavy atom. The number of rotatable bonds is 1. The van der Waals surface area contributed by atoms with Crippen molar-refractivity contribution >= 4 is 21.2 Å². The Labute approximate surface area is 89.3 Å². The largest absolute Gasteiger partial charge is 0.397 e. The van der Waals surface area contributed by atoms with Crippen LogP contribution >= 0.6 is 0 Å². The summed E-state index contributed by atoms with van der Waals surface area (Å²) in [6.07, 6.45) is 1.61. The molecule has 2 heterocycles. The Morgan fingerprint density at radius 3 is 2.60 bits per heavy atom. The van der Waals surface area contributed by atoms with Gasteiger partial charge >= 0.3 is 0 Å². The quantitative estimate of drug-likeness (QED) is 0.731. The lowest BCUT2D eigenvalue weighted by atomic mass is 10.4. The molecule has 6 heteroatoms. The van der Waals surface area contributed by atoms with Gasteiger partial charge in [0.2, 0.25) is 0 Å². The molecule has 82 valence electrons. The molecule has 3 N–H and O–H groups in total. The zero-order chi connectivity index (χ0) is 10.9. The van der Waals surface area contributed by atoms with Crippen LogP contribution in [0.5, 0.6) is 0 Å². The molecule has 0 radical (unpaired) electrons. The van der Waals surface area contributed by atoms with Crippen LogP contribution in [0.4, 0.5) is 11.5 Å². The van der Waals surface area contributed by atoms with E-state index in [4.69, 9.17) is 10.5 Å². The van der Waals surface area contributed by atoms with Crippen molar-refractivity contribution in [2.24, 2.45) is 0 Å². The summed E-state index contributed by atoms with van der Waals surface area (Å²) in [5.74, 6) is 1.71. The van der Waals surface area contributed by atoms with Crippen LogP contribution in [-0.4, -0.2) is 33.8 Å². The Kier molecular flexibility index (Phi) is 2.52. The molecule has 0 unspecified atom stereocenters. The molecule has 0 spiro atoms. The molecule has 1 saturated heterocycles. The first-order chi connectivity index (χ1) is 7.07. The van der Waals surface area contributed by atoms with E-state index in [1.165, 1.54) is 0 Å². The predicted molar refractivity (Wildman–Crippen MR) is 61.5 cm³/mol. The van der Waals surface area contributed by atoms with E-state index < -0.39 is 9.73 Å². The summed E-state index contributed by atoms with van der Waals surface area (Å²) in [4.78, 5) is 6.24. The molecule has 0 aliphatic carbocycles. The minimum atomic E-state index is -2.33. The summed E-state index contributed by atoms with van der Waals surface area (Å²) in [6.45, 7) is 1.28. The van der Waals surface area contributed by atoms with E-state index in [2.05, 4.69) is 4.98 Å². The highest BCUT2D eigenvalue weighted by molar-refractivity contribution is 7.92. The fourth-order valence-electron chi connectivity index (χ4n) is 1.54. The van der Waals surface area contributed by atoms with E-state index in [9.17, 15) is 4.21 Å². The smallest absolute Gasteiger partial charge is 0.128 e. The van der Waals surface area contributed by atoms with E-state index in [1.807, 2.05) is 11.0 Å². The first kappa shape index (κ1) is 10.2. The van der Waals surface area contributed by atoms with Gasteiger partial charge < -0.3 is 10.6 Å². The van der Waals surface area contributed by atoms with Crippen molar-refractivity contribution in [1.29, 1.82) is 4.78 Å². The average molecular weight is 226 g/mol. The Hall–Kier alpha value is -1.30. The number of nitrogens with two attached hydrogens (primary N) is 1. The van der Waals surface area contributed by atoms with Crippen LogP contribution in [0.3, 0.4) is 0 Å². The summed E-state index contributed by atoms with van der Waals surface area (Å²) in [5, 5.41) is 0. The lowest BCUT2D eigenvalue weighted by Crippen LogP contribution is -2.40. The summed E-state index contributed by atoms with van der Waals surface area (Å²) in [5.41, 5.74) is 6.18. The number of hydrogen-bond acceptors (Lipinski definition) is 5. The van der Waals surface area contributed by atoms with Gasteiger partial charge in [-0.1, -0.05) is 0 Å². The predicted octanol–water partition coefficient (Wildman–Crippen LogP) is 0.531. The van der Waals surface area contributed by atoms with E-state index in [-0.39, 0.29) is 0 Å². The van der Waals surface area contributed by atoms with E-state index >= 15 is 0 Å². The highest BCUT2D eigenvalue weighted by Crippen LogP contribution is 2.15. The molecule has 0 amide bonds. The van der Waals surface area contributed by atoms with Crippen LogP contribution in [0.15, 0.2) is 18.3 Å². The molecule has 0 bridgehead atoms. The minimum absolute atomic E-state index is 0.430. The highest BCUT2D eigenvalue weighted by atomic mass is 32.2. The normalized spacial score (nSPS) is 20.1. The third-order valence-electron chi connectivity index (χ3n) is 2.48. The second-order valence-electron chi connectivity index (χ2n) is 3.66. The molecule has 0 atom stereocenters. The molecule has 15 heavy (non-hydrogen) atoms. The van der Waals surface area contributed by atoms with Crippen LogP contribution in [-0.2, 0) is 9.73 Å². The van der Waals surface area contributed by atoms with Gasteiger partial charge in [0.1, 0.15) is 5.82 Å². The number of pyridine rings is 1. The van der Waals surface area contributed by atoms with Gasteiger partial charge in [-0.05, 0) is 12.1 Å². The van der Waals surface area contributed by atoms with Crippen molar-refractivity contribution in [3.63, 3.8) is 0 Å². The van der Waals surface area contributed by atoms with Gasteiger partial charge in [-0.15, -0.1) is 0 Å². The molecular formula is C9H14N4OS. The van der Waals surface area contributed by atoms with Gasteiger partial charge in [-0.2, -0.15) is 0 Å². The summed E-state index contributed by atoms with van der Waals surface area (Å²) >= 11 is 0. The lowest BCUT2D eigenvalue weighted by Gasteiger charge is -2.28. The maximum absolute atomic E-state index is 11.4. The van der Waals surface area contributed by atoms with E-state index in [0.29, 0.717) is 30.3 Å². The van der Waals surface area contributed by atoms with E-state index in [0.717, 1.165) is 5.82 Å². The van der Waals surface area contributed by atoms with Crippen molar-refractivity contribution < 1.29 is 4.21 Å². The lowest BCUT2D eigenvalue weighted by molar-refractivity contribution is 0.663. The van der Waals surface area contributed by atoms with Crippen molar-refractivity contribution in [2.75, 3.05) is 35.2 Å². The second-order valence-corrected chi connectivity index (χ2v) is 6.10. The fourth-order valence-corrected chi connectivity index (χ4v) is 2.78. The number of nitrogens with zero attached hydrogens (tertiary/aromatic N) is 2. The van der Waals surface area contributed by atoms with Gasteiger partial charge in [0, 0.05) is 34.3 Å². The maximum Gasteiger partial charge on any atom is 0.128 e. The molecule has 1 fully saturated rings. The van der Waals surface area contributed by atoms with Crippen LogP contribution in [0.1, 0.15) is 0 Å². The number of hydrogen-bond donors (Lipinski definition) is 2. The minimum Gasteiger partial charge on any atom is -0.397 e. The fraction of sp³-hybridized carbons (Fsp3) is 0.444. The molecule has 1 aliphatic heterocycles. The van der Waals surface area contributed by atoms with Crippen molar-refractivity contribution in [1.82, 2.24) is 4.98 Å². The summed E-state index contributed by atoms with van der Waals surface area (Å²) in [7, 11) is -2.33. The topological polar surface area (TPSA) is 83.1 Å². The molecule has 1 aliphatic rings. The van der Waals surface area contributed by atoms with Crippen LogP contribution in [0, 0.1) is 4.78 Å².